The molecule has 0 fully saturated rings. The maximum absolute atomic E-state index is 11.1. The van der Waals surface area contributed by atoms with E-state index in [1.807, 2.05) is 0 Å². The van der Waals surface area contributed by atoms with Gasteiger partial charge in [0.15, 0.2) is 0 Å². The summed E-state index contributed by atoms with van der Waals surface area (Å²) in [6.07, 6.45) is 0.378. The Balaban J connectivity index is 2.62. The molecule has 0 heterocycles. The molecule has 0 bridgehead atoms. The summed E-state index contributed by atoms with van der Waals surface area (Å²) >= 11 is 0. The van der Waals surface area contributed by atoms with Crippen LogP contribution in [0.1, 0.15) is 5.56 Å². The van der Waals surface area contributed by atoms with Crippen molar-refractivity contribution >= 4 is 17.7 Å². The third kappa shape index (κ3) is 4.12. The molecular formula is C11H15N3O3. The number of benzene rings is 1. The monoisotopic (exact) mass is 237 g/mol. The fourth-order valence-corrected chi connectivity index (χ4v) is 1.36. The minimum atomic E-state index is -0.685. The van der Waals surface area contributed by atoms with Crippen LogP contribution in [0.15, 0.2) is 24.3 Å². The Hall–Kier alpha value is -2.08. The van der Waals surface area contributed by atoms with Gasteiger partial charge in [-0.2, -0.15) is 0 Å². The van der Waals surface area contributed by atoms with E-state index in [1.165, 1.54) is 7.11 Å². The van der Waals surface area contributed by atoms with Gasteiger partial charge in [-0.05, 0) is 24.1 Å². The molecule has 2 amide bonds. The number of anilines is 1. The molecule has 0 aliphatic rings. The van der Waals surface area contributed by atoms with Gasteiger partial charge in [-0.3, -0.25) is 4.79 Å². The van der Waals surface area contributed by atoms with E-state index in [9.17, 15) is 9.59 Å². The zero-order chi connectivity index (χ0) is 12.8. The molecule has 0 unspecified atom stereocenters. The van der Waals surface area contributed by atoms with Crippen molar-refractivity contribution < 1.29 is 14.3 Å². The van der Waals surface area contributed by atoms with Gasteiger partial charge in [0.25, 0.3) is 0 Å². The number of hydrogen-bond acceptors (Lipinski definition) is 4. The fourth-order valence-electron chi connectivity index (χ4n) is 1.36. The van der Waals surface area contributed by atoms with Crippen molar-refractivity contribution in [3.8, 4) is 0 Å². The lowest BCUT2D eigenvalue weighted by Gasteiger charge is -2.09. The predicted molar refractivity (Wildman–Crippen MR) is 63.3 cm³/mol. The highest BCUT2D eigenvalue weighted by molar-refractivity contribution is 5.87. The Morgan fingerprint density at radius 3 is 2.41 bits per heavy atom. The van der Waals surface area contributed by atoms with Crippen molar-refractivity contribution in [2.24, 2.45) is 11.5 Å². The quantitative estimate of drug-likeness (QED) is 0.651. The zero-order valence-electron chi connectivity index (χ0n) is 9.47. The molecule has 0 aliphatic carbocycles. The minimum absolute atomic E-state index is 0.378. The molecule has 0 spiro atoms. The molecule has 6 nitrogen and oxygen atoms in total. The van der Waals surface area contributed by atoms with E-state index in [-0.39, 0.29) is 0 Å². The van der Waals surface area contributed by atoms with Gasteiger partial charge in [0.2, 0.25) is 0 Å². The van der Waals surface area contributed by atoms with Crippen LogP contribution >= 0.6 is 0 Å². The van der Waals surface area contributed by atoms with E-state index < -0.39 is 18.0 Å². The van der Waals surface area contributed by atoms with Gasteiger partial charge in [0, 0.05) is 5.69 Å². The highest BCUT2D eigenvalue weighted by Gasteiger charge is 2.13. The minimum Gasteiger partial charge on any atom is -0.468 e. The maximum atomic E-state index is 11.1. The number of methoxy groups -OCH3 is 1. The van der Waals surface area contributed by atoms with Crippen LogP contribution in [0.3, 0.4) is 0 Å². The number of esters is 1. The summed E-state index contributed by atoms with van der Waals surface area (Å²) in [6, 6.07) is 5.58. The highest BCUT2D eigenvalue weighted by atomic mass is 16.5. The van der Waals surface area contributed by atoms with Gasteiger partial charge in [-0.15, -0.1) is 0 Å². The molecule has 0 aliphatic heterocycles. The van der Waals surface area contributed by atoms with E-state index in [0.717, 1.165) is 5.56 Å². The van der Waals surface area contributed by atoms with Crippen molar-refractivity contribution in [1.29, 1.82) is 0 Å². The molecule has 1 atom stereocenters. The number of carbonyl (C=O) groups excluding carboxylic acids is 2. The van der Waals surface area contributed by atoms with Crippen LogP contribution in [-0.4, -0.2) is 25.2 Å². The number of amides is 2. The number of nitrogens with one attached hydrogen (secondary N) is 1. The second-order valence-corrected chi connectivity index (χ2v) is 3.52. The van der Waals surface area contributed by atoms with Crippen molar-refractivity contribution in [3.05, 3.63) is 29.8 Å². The van der Waals surface area contributed by atoms with Crippen LogP contribution < -0.4 is 16.8 Å². The first-order chi connectivity index (χ1) is 8.02. The van der Waals surface area contributed by atoms with Crippen LogP contribution in [0.2, 0.25) is 0 Å². The SMILES string of the molecule is COC(=O)[C@H](N)Cc1ccc(NC(N)=O)cc1. The average molecular weight is 237 g/mol. The van der Waals surface area contributed by atoms with Crippen LogP contribution in [-0.2, 0) is 16.0 Å². The summed E-state index contributed by atoms with van der Waals surface area (Å²) in [4.78, 5) is 21.7. The maximum Gasteiger partial charge on any atom is 0.322 e. The molecule has 0 aromatic heterocycles. The Labute approximate surface area is 98.9 Å². The molecule has 5 N–H and O–H groups in total. The van der Waals surface area contributed by atoms with Crippen molar-refractivity contribution in [2.75, 3.05) is 12.4 Å². The molecule has 1 aromatic rings. The van der Waals surface area contributed by atoms with Crippen molar-refractivity contribution in [2.45, 2.75) is 12.5 Å². The summed E-state index contributed by atoms with van der Waals surface area (Å²) in [5.41, 5.74) is 12.0. The number of primary amides is 1. The molecule has 6 heteroatoms. The molecule has 0 saturated carbocycles. The Kier molecular flexibility index (Phi) is 4.47. The summed E-state index contributed by atoms with van der Waals surface area (Å²) < 4.78 is 4.52. The third-order valence-electron chi connectivity index (χ3n) is 2.18. The fraction of sp³-hybridized carbons (Fsp3) is 0.273. The summed E-state index contributed by atoms with van der Waals surface area (Å²) in [7, 11) is 1.29. The first-order valence-electron chi connectivity index (χ1n) is 5.01. The zero-order valence-corrected chi connectivity index (χ0v) is 9.47. The lowest BCUT2D eigenvalue weighted by Crippen LogP contribution is -2.33. The van der Waals surface area contributed by atoms with E-state index in [4.69, 9.17) is 11.5 Å². The molecule has 0 radical (unpaired) electrons. The number of nitrogens with two attached hydrogens (primary N) is 2. The lowest BCUT2D eigenvalue weighted by molar-refractivity contribution is -0.142. The van der Waals surface area contributed by atoms with E-state index in [2.05, 4.69) is 10.1 Å². The van der Waals surface area contributed by atoms with Gasteiger partial charge >= 0.3 is 12.0 Å². The summed E-state index contributed by atoms with van der Waals surface area (Å²) in [6.45, 7) is 0. The summed E-state index contributed by atoms with van der Waals surface area (Å²) in [5.74, 6) is -0.454. The number of rotatable bonds is 4. The number of ether oxygens (including phenoxy) is 1. The molecule has 0 saturated heterocycles. The third-order valence-corrected chi connectivity index (χ3v) is 2.18. The lowest BCUT2D eigenvalue weighted by atomic mass is 10.1. The highest BCUT2D eigenvalue weighted by Crippen LogP contribution is 2.10. The topological polar surface area (TPSA) is 107 Å². The van der Waals surface area contributed by atoms with E-state index in [0.29, 0.717) is 12.1 Å². The second kappa shape index (κ2) is 5.86. The predicted octanol–water partition coefficient (Wildman–Crippen LogP) is 0.220. The molecule has 1 aromatic carbocycles. The van der Waals surface area contributed by atoms with Crippen LogP contribution in [0, 0.1) is 0 Å². The van der Waals surface area contributed by atoms with E-state index in [1.54, 1.807) is 24.3 Å². The Bertz CT molecular complexity index is 403. The van der Waals surface area contributed by atoms with Gasteiger partial charge < -0.3 is 21.5 Å². The van der Waals surface area contributed by atoms with Crippen LogP contribution in [0.5, 0.6) is 0 Å². The van der Waals surface area contributed by atoms with Crippen LogP contribution in [0.25, 0.3) is 0 Å². The second-order valence-electron chi connectivity index (χ2n) is 3.52. The van der Waals surface area contributed by atoms with Gasteiger partial charge in [-0.25, -0.2) is 4.79 Å². The van der Waals surface area contributed by atoms with Crippen molar-refractivity contribution in [3.63, 3.8) is 0 Å². The first kappa shape index (κ1) is 13.0. The van der Waals surface area contributed by atoms with Gasteiger partial charge in [-0.1, -0.05) is 12.1 Å². The van der Waals surface area contributed by atoms with Gasteiger partial charge in [0.1, 0.15) is 6.04 Å². The Morgan fingerprint density at radius 1 is 1.35 bits per heavy atom. The first-order valence-corrected chi connectivity index (χ1v) is 5.01. The summed E-state index contributed by atoms with van der Waals surface area (Å²) in [5, 5.41) is 2.44. The molecule has 17 heavy (non-hydrogen) atoms. The number of urea groups is 1. The Morgan fingerprint density at radius 2 is 1.94 bits per heavy atom. The van der Waals surface area contributed by atoms with E-state index >= 15 is 0 Å². The average Bonchev–Trinajstić information content (AvgIpc) is 2.30. The normalized spacial score (nSPS) is 11.6. The van der Waals surface area contributed by atoms with Gasteiger partial charge in [0.05, 0.1) is 7.11 Å². The van der Waals surface area contributed by atoms with Crippen LogP contribution in [0.4, 0.5) is 10.5 Å². The number of carbonyl (C=O) groups is 2. The largest absolute Gasteiger partial charge is 0.468 e. The smallest absolute Gasteiger partial charge is 0.322 e. The molecule has 1 rings (SSSR count). The number of hydrogen-bond donors (Lipinski definition) is 3. The standard InChI is InChI=1S/C11H15N3O3/c1-17-10(15)9(12)6-7-2-4-8(5-3-7)14-11(13)16/h2-5,9H,6,12H2,1H3,(H3,13,14,16)/t9-/m1/s1. The molecular weight excluding hydrogens is 222 g/mol. The van der Waals surface area contributed by atoms with Crippen molar-refractivity contribution in [1.82, 2.24) is 0 Å². The molecule has 92 valence electrons.